The molecule has 1 nitrogen and oxygen atoms in total. The van der Waals surface area contributed by atoms with Crippen molar-refractivity contribution in [1.29, 1.82) is 0 Å². The van der Waals surface area contributed by atoms with Gasteiger partial charge in [-0.15, -0.1) is 0 Å². The third-order valence-corrected chi connectivity index (χ3v) is 6.51. The van der Waals surface area contributed by atoms with Crippen LogP contribution in [0.1, 0.15) is 40.0 Å². The van der Waals surface area contributed by atoms with Crippen molar-refractivity contribution in [3.63, 3.8) is 0 Å². The lowest BCUT2D eigenvalue weighted by Crippen LogP contribution is -2.39. The molecule has 14 heavy (non-hydrogen) atoms. The van der Waals surface area contributed by atoms with Gasteiger partial charge in [0.15, 0.2) is 0 Å². The first-order chi connectivity index (χ1) is 6.65. The van der Waals surface area contributed by atoms with Crippen molar-refractivity contribution in [1.82, 2.24) is 0 Å². The summed E-state index contributed by atoms with van der Waals surface area (Å²) in [5.41, 5.74) is 6.21. The van der Waals surface area contributed by atoms with Gasteiger partial charge in [0.05, 0.1) is 0 Å². The first-order valence-electron chi connectivity index (χ1n) is 5.67. The highest BCUT2D eigenvalue weighted by Crippen LogP contribution is 2.37. The summed E-state index contributed by atoms with van der Waals surface area (Å²) in [7, 11) is 0. The highest BCUT2D eigenvalue weighted by atomic mass is 32.2. The van der Waals surface area contributed by atoms with Crippen molar-refractivity contribution in [2.45, 2.75) is 61.8 Å². The summed E-state index contributed by atoms with van der Waals surface area (Å²) in [4.78, 5) is 0. The highest BCUT2D eigenvalue weighted by Gasteiger charge is 2.28. The molecule has 1 aliphatic heterocycles. The van der Waals surface area contributed by atoms with E-state index in [4.69, 9.17) is 5.73 Å². The molecular weight excluding hydrogens is 210 g/mol. The first-order valence-corrected chi connectivity index (χ1v) is 7.67. The highest BCUT2D eigenvalue weighted by molar-refractivity contribution is 8.07. The first kappa shape index (κ1) is 12.7. The lowest BCUT2D eigenvalue weighted by Gasteiger charge is -2.34. The molecule has 1 heterocycles. The molecule has 84 valence electrons. The molecule has 3 heteroatoms. The van der Waals surface area contributed by atoms with Crippen molar-refractivity contribution in [2.24, 2.45) is 5.73 Å². The van der Waals surface area contributed by atoms with E-state index < -0.39 is 0 Å². The van der Waals surface area contributed by atoms with Gasteiger partial charge in [0, 0.05) is 27.5 Å². The Bertz CT molecular complexity index is 163. The second-order valence-electron chi connectivity index (χ2n) is 4.22. The molecule has 1 saturated heterocycles. The lowest BCUT2D eigenvalue weighted by molar-refractivity contribution is 0.571. The average molecular weight is 233 g/mol. The van der Waals surface area contributed by atoms with E-state index in [1.807, 2.05) is 0 Å². The van der Waals surface area contributed by atoms with Crippen LogP contribution in [0, 0.1) is 0 Å². The van der Waals surface area contributed by atoms with Gasteiger partial charge in [0.25, 0.3) is 0 Å². The minimum atomic E-state index is 0.419. The zero-order chi connectivity index (χ0) is 10.6. The Kier molecular flexibility index (Phi) is 5.72. The van der Waals surface area contributed by atoms with Crippen LogP contribution in [0.25, 0.3) is 0 Å². The zero-order valence-electron chi connectivity index (χ0n) is 9.53. The molecule has 4 atom stereocenters. The van der Waals surface area contributed by atoms with Gasteiger partial charge in [-0.25, -0.2) is 0 Å². The van der Waals surface area contributed by atoms with Gasteiger partial charge in [-0.3, -0.25) is 0 Å². The Hall–Kier alpha value is 0.660. The van der Waals surface area contributed by atoms with E-state index in [0.717, 1.165) is 10.5 Å². The van der Waals surface area contributed by atoms with Gasteiger partial charge in [-0.2, -0.15) is 23.5 Å². The van der Waals surface area contributed by atoms with Crippen LogP contribution >= 0.6 is 23.5 Å². The molecule has 0 amide bonds. The maximum Gasteiger partial charge on any atom is 0.0292 e. The van der Waals surface area contributed by atoms with Crippen LogP contribution in [0.2, 0.25) is 0 Å². The van der Waals surface area contributed by atoms with Crippen molar-refractivity contribution >= 4 is 23.5 Å². The molecule has 1 rings (SSSR count). The van der Waals surface area contributed by atoms with Crippen molar-refractivity contribution in [2.75, 3.05) is 5.75 Å². The summed E-state index contributed by atoms with van der Waals surface area (Å²) >= 11 is 4.20. The summed E-state index contributed by atoms with van der Waals surface area (Å²) in [6.07, 6.45) is 3.76. The topological polar surface area (TPSA) is 26.0 Å². The largest absolute Gasteiger partial charge is 0.327 e. The van der Waals surface area contributed by atoms with Gasteiger partial charge in [0.2, 0.25) is 0 Å². The lowest BCUT2D eigenvalue weighted by atomic mass is 10.1. The van der Waals surface area contributed by atoms with Crippen LogP contribution in [-0.4, -0.2) is 27.5 Å². The molecule has 0 bridgehead atoms. The van der Waals surface area contributed by atoms with E-state index in [2.05, 4.69) is 44.3 Å². The van der Waals surface area contributed by atoms with Crippen LogP contribution in [0.5, 0.6) is 0 Å². The van der Waals surface area contributed by atoms with E-state index in [1.165, 1.54) is 25.0 Å². The maximum absolute atomic E-state index is 6.21. The Balaban J connectivity index is 2.30. The molecule has 0 aliphatic carbocycles. The zero-order valence-corrected chi connectivity index (χ0v) is 11.2. The predicted molar refractivity (Wildman–Crippen MR) is 70.3 cm³/mol. The van der Waals surface area contributed by atoms with Crippen LogP contribution in [0.4, 0.5) is 0 Å². The number of rotatable bonds is 4. The standard InChI is InChI=1S/C11H23NS2/c1-4-5-6-10(12)11-7-13-8(2)9(3)14-11/h8-11H,4-7,12H2,1-3H3. The van der Waals surface area contributed by atoms with Crippen molar-refractivity contribution in [3.8, 4) is 0 Å². The van der Waals surface area contributed by atoms with Crippen LogP contribution < -0.4 is 5.73 Å². The fourth-order valence-electron chi connectivity index (χ4n) is 1.66. The fourth-order valence-corrected chi connectivity index (χ4v) is 4.76. The smallest absolute Gasteiger partial charge is 0.0292 e. The van der Waals surface area contributed by atoms with Crippen LogP contribution in [-0.2, 0) is 0 Å². The van der Waals surface area contributed by atoms with Crippen molar-refractivity contribution in [3.05, 3.63) is 0 Å². The Morgan fingerprint density at radius 3 is 2.64 bits per heavy atom. The monoisotopic (exact) mass is 233 g/mol. The van der Waals surface area contributed by atoms with Crippen LogP contribution in [0.15, 0.2) is 0 Å². The third-order valence-electron chi connectivity index (χ3n) is 2.94. The summed E-state index contributed by atoms with van der Waals surface area (Å²) < 4.78 is 0. The molecule has 2 N–H and O–H groups in total. The molecule has 0 radical (unpaired) electrons. The normalized spacial score (nSPS) is 35.6. The summed E-state index contributed by atoms with van der Waals surface area (Å²) in [5.74, 6) is 1.25. The minimum Gasteiger partial charge on any atom is -0.327 e. The maximum atomic E-state index is 6.21. The molecule has 1 aliphatic rings. The molecular formula is C11H23NS2. The van der Waals surface area contributed by atoms with Gasteiger partial charge < -0.3 is 5.73 Å². The van der Waals surface area contributed by atoms with E-state index in [0.29, 0.717) is 11.3 Å². The Morgan fingerprint density at radius 1 is 1.36 bits per heavy atom. The number of hydrogen-bond donors (Lipinski definition) is 1. The molecule has 0 aromatic heterocycles. The average Bonchev–Trinajstić information content (AvgIpc) is 2.18. The SMILES string of the molecule is CCCCC(N)C1CSC(C)C(C)S1. The van der Waals surface area contributed by atoms with E-state index in [9.17, 15) is 0 Å². The summed E-state index contributed by atoms with van der Waals surface area (Å²) in [6.45, 7) is 6.90. The number of thioether (sulfide) groups is 2. The Labute approximate surface area is 97.0 Å². The molecule has 1 fully saturated rings. The van der Waals surface area contributed by atoms with E-state index >= 15 is 0 Å². The fraction of sp³-hybridized carbons (Fsp3) is 1.00. The number of hydrogen-bond acceptors (Lipinski definition) is 3. The quantitative estimate of drug-likeness (QED) is 0.808. The molecule has 0 aromatic rings. The number of nitrogens with two attached hydrogens (primary N) is 1. The van der Waals surface area contributed by atoms with Gasteiger partial charge in [0.1, 0.15) is 0 Å². The van der Waals surface area contributed by atoms with Gasteiger partial charge in [-0.1, -0.05) is 33.6 Å². The minimum absolute atomic E-state index is 0.419. The second-order valence-corrected chi connectivity index (χ2v) is 7.26. The van der Waals surface area contributed by atoms with Crippen molar-refractivity contribution < 1.29 is 0 Å². The van der Waals surface area contributed by atoms with Gasteiger partial charge in [-0.05, 0) is 6.42 Å². The number of unbranched alkanes of at least 4 members (excludes halogenated alkanes) is 1. The van der Waals surface area contributed by atoms with E-state index in [1.54, 1.807) is 0 Å². The third kappa shape index (κ3) is 3.67. The predicted octanol–water partition coefficient (Wildman–Crippen LogP) is 3.13. The van der Waals surface area contributed by atoms with E-state index in [-0.39, 0.29) is 0 Å². The molecule has 0 spiro atoms. The second kappa shape index (κ2) is 6.29. The van der Waals surface area contributed by atoms with Gasteiger partial charge >= 0.3 is 0 Å². The summed E-state index contributed by atoms with van der Waals surface area (Å²) in [6, 6.07) is 0.419. The molecule has 4 unspecified atom stereocenters. The molecule has 0 aromatic carbocycles. The van der Waals surface area contributed by atoms with Crippen LogP contribution in [0.3, 0.4) is 0 Å². The molecule has 0 saturated carbocycles. The summed E-state index contributed by atoms with van der Waals surface area (Å²) in [5, 5.41) is 2.26. The Morgan fingerprint density at radius 2 is 2.07 bits per heavy atom.